The Morgan fingerprint density at radius 3 is 2.88 bits per heavy atom. The minimum absolute atomic E-state index is 0.101. The molecule has 0 aromatic carbocycles. The Morgan fingerprint density at radius 2 is 2.25 bits per heavy atom. The maximum Gasteiger partial charge on any atom is 0.0850 e. The molecule has 2 aromatic rings. The molecule has 0 aliphatic heterocycles. The van der Waals surface area contributed by atoms with Crippen molar-refractivity contribution in [3.05, 3.63) is 29.3 Å². The first kappa shape index (κ1) is 10.8. The fourth-order valence-electron chi connectivity index (χ4n) is 1.62. The maximum absolute atomic E-state index is 8.77. The van der Waals surface area contributed by atoms with Crippen molar-refractivity contribution in [3.8, 4) is 0 Å². The highest BCUT2D eigenvalue weighted by Gasteiger charge is 2.05. The average molecular weight is 221 g/mol. The van der Waals surface area contributed by atoms with Gasteiger partial charge in [0.1, 0.15) is 0 Å². The van der Waals surface area contributed by atoms with E-state index in [1.54, 1.807) is 4.68 Å². The Morgan fingerprint density at radius 1 is 1.44 bits per heavy atom. The largest absolute Gasteiger partial charge is 0.396 e. The highest BCUT2D eigenvalue weighted by Crippen LogP contribution is 2.04. The van der Waals surface area contributed by atoms with Crippen LogP contribution in [0.25, 0.3) is 0 Å². The molecule has 0 fully saturated rings. The van der Waals surface area contributed by atoms with E-state index in [2.05, 4.69) is 15.4 Å². The molecule has 0 spiro atoms. The smallest absolute Gasteiger partial charge is 0.0850 e. The number of aliphatic hydroxyl groups is 1. The van der Waals surface area contributed by atoms with Crippen LogP contribution in [0.3, 0.4) is 0 Å². The first-order chi connectivity index (χ1) is 7.69. The van der Waals surface area contributed by atoms with Gasteiger partial charge >= 0.3 is 0 Å². The van der Waals surface area contributed by atoms with Crippen molar-refractivity contribution in [1.82, 2.24) is 24.8 Å². The van der Waals surface area contributed by atoms with Crippen molar-refractivity contribution in [2.45, 2.75) is 19.9 Å². The van der Waals surface area contributed by atoms with Crippen molar-refractivity contribution >= 4 is 0 Å². The van der Waals surface area contributed by atoms with Crippen LogP contribution in [-0.4, -0.2) is 36.5 Å². The SMILES string of the molecule is Cc1cc(Cn2cc(CCO)nn2)n(C)n1. The van der Waals surface area contributed by atoms with Gasteiger partial charge < -0.3 is 5.11 Å². The molecule has 2 heterocycles. The summed E-state index contributed by atoms with van der Waals surface area (Å²) in [5.41, 5.74) is 2.88. The molecule has 0 saturated heterocycles. The molecule has 0 saturated carbocycles. The number of hydrogen-bond acceptors (Lipinski definition) is 4. The molecule has 0 atom stereocenters. The number of aryl methyl sites for hydroxylation is 2. The van der Waals surface area contributed by atoms with Crippen LogP contribution in [0.15, 0.2) is 12.3 Å². The van der Waals surface area contributed by atoms with E-state index in [1.807, 2.05) is 30.9 Å². The van der Waals surface area contributed by atoms with Crippen LogP contribution < -0.4 is 0 Å². The molecule has 0 aliphatic rings. The number of aliphatic hydroxyl groups excluding tert-OH is 1. The zero-order valence-corrected chi connectivity index (χ0v) is 9.46. The van der Waals surface area contributed by atoms with E-state index < -0.39 is 0 Å². The van der Waals surface area contributed by atoms with Crippen molar-refractivity contribution in [2.24, 2.45) is 7.05 Å². The number of rotatable bonds is 4. The summed E-state index contributed by atoms with van der Waals surface area (Å²) in [6.45, 7) is 2.71. The summed E-state index contributed by atoms with van der Waals surface area (Å²) >= 11 is 0. The monoisotopic (exact) mass is 221 g/mol. The second-order valence-electron chi connectivity index (χ2n) is 3.78. The standard InChI is InChI=1S/C10H15N5O/c1-8-5-10(14(2)12-8)7-15-6-9(3-4-16)11-13-15/h5-6,16H,3-4,7H2,1-2H3. The number of aromatic nitrogens is 5. The topological polar surface area (TPSA) is 68.8 Å². The van der Waals surface area contributed by atoms with E-state index in [1.165, 1.54) is 0 Å². The average Bonchev–Trinajstić information content (AvgIpc) is 2.76. The molecule has 1 N–H and O–H groups in total. The second-order valence-corrected chi connectivity index (χ2v) is 3.78. The van der Waals surface area contributed by atoms with E-state index in [-0.39, 0.29) is 6.61 Å². The van der Waals surface area contributed by atoms with Crippen LogP contribution in [-0.2, 0) is 20.0 Å². The summed E-state index contributed by atoms with van der Waals surface area (Å²) < 4.78 is 3.59. The van der Waals surface area contributed by atoms with Gasteiger partial charge in [-0.15, -0.1) is 5.10 Å². The lowest BCUT2D eigenvalue weighted by Gasteiger charge is -2.00. The van der Waals surface area contributed by atoms with Gasteiger partial charge in [-0.2, -0.15) is 5.10 Å². The second kappa shape index (κ2) is 4.44. The quantitative estimate of drug-likeness (QED) is 0.783. The van der Waals surface area contributed by atoms with Gasteiger partial charge in [-0.1, -0.05) is 5.21 Å². The summed E-state index contributed by atoms with van der Waals surface area (Å²) in [4.78, 5) is 0. The van der Waals surface area contributed by atoms with E-state index >= 15 is 0 Å². The number of hydrogen-bond donors (Lipinski definition) is 1. The molecule has 0 amide bonds. The molecule has 0 unspecified atom stereocenters. The van der Waals surface area contributed by atoms with E-state index in [0.29, 0.717) is 13.0 Å². The predicted molar refractivity (Wildman–Crippen MR) is 57.9 cm³/mol. The van der Waals surface area contributed by atoms with Crippen LogP contribution in [0.2, 0.25) is 0 Å². The third kappa shape index (κ3) is 2.27. The van der Waals surface area contributed by atoms with Gasteiger partial charge in [0.2, 0.25) is 0 Å². The Balaban J connectivity index is 2.11. The Labute approximate surface area is 93.5 Å². The highest BCUT2D eigenvalue weighted by atomic mass is 16.3. The molecular formula is C10H15N5O. The Bertz CT molecular complexity index is 473. The highest BCUT2D eigenvalue weighted by molar-refractivity contribution is 5.09. The van der Waals surface area contributed by atoms with Gasteiger partial charge in [-0.3, -0.25) is 4.68 Å². The molecule has 0 radical (unpaired) electrons. The summed E-state index contributed by atoms with van der Waals surface area (Å²) in [7, 11) is 1.91. The van der Waals surface area contributed by atoms with E-state index in [0.717, 1.165) is 17.1 Å². The van der Waals surface area contributed by atoms with Crippen molar-refractivity contribution < 1.29 is 5.11 Å². The lowest BCUT2D eigenvalue weighted by molar-refractivity contribution is 0.298. The summed E-state index contributed by atoms with van der Waals surface area (Å²) in [5.74, 6) is 0. The van der Waals surface area contributed by atoms with E-state index in [4.69, 9.17) is 5.11 Å². The Kier molecular flexibility index (Phi) is 3.00. The van der Waals surface area contributed by atoms with Gasteiger partial charge in [0.05, 0.1) is 23.6 Å². The third-order valence-corrected chi connectivity index (χ3v) is 2.38. The fraction of sp³-hybridized carbons (Fsp3) is 0.500. The zero-order valence-electron chi connectivity index (χ0n) is 9.46. The molecule has 2 aromatic heterocycles. The third-order valence-electron chi connectivity index (χ3n) is 2.38. The normalized spacial score (nSPS) is 10.9. The van der Waals surface area contributed by atoms with Gasteiger partial charge in [0.15, 0.2) is 0 Å². The van der Waals surface area contributed by atoms with Crippen LogP contribution in [0.1, 0.15) is 17.1 Å². The summed E-state index contributed by atoms with van der Waals surface area (Å²) in [6, 6.07) is 2.02. The maximum atomic E-state index is 8.77. The number of nitrogens with zero attached hydrogens (tertiary/aromatic N) is 5. The van der Waals surface area contributed by atoms with Crippen molar-refractivity contribution in [3.63, 3.8) is 0 Å². The molecule has 2 rings (SSSR count). The molecule has 6 heteroatoms. The van der Waals surface area contributed by atoms with Crippen LogP contribution >= 0.6 is 0 Å². The minimum atomic E-state index is 0.101. The molecule has 0 bridgehead atoms. The van der Waals surface area contributed by atoms with Gasteiger partial charge in [0.25, 0.3) is 0 Å². The fourth-order valence-corrected chi connectivity index (χ4v) is 1.62. The lowest BCUT2D eigenvalue weighted by atomic mass is 10.3. The van der Waals surface area contributed by atoms with E-state index in [9.17, 15) is 0 Å². The Hall–Kier alpha value is -1.69. The van der Waals surface area contributed by atoms with Crippen LogP contribution in [0.4, 0.5) is 0 Å². The molecule has 86 valence electrons. The lowest BCUT2D eigenvalue weighted by Crippen LogP contribution is -2.06. The predicted octanol–water partition coefficient (Wildman–Crippen LogP) is -0.0969. The van der Waals surface area contributed by atoms with Gasteiger partial charge in [-0.25, -0.2) is 4.68 Å². The summed E-state index contributed by atoms with van der Waals surface area (Å²) in [5, 5.41) is 21.0. The van der Waals surface area contributed by atoms with Crippen LogP contribution in [0, 0.1) is 6.92 Å². The first-order valence-corrected chi connectivity index (χ1v) is 5.18. The molecular weight excluding hydrogens is 206 g/mol. The zero-order chi connectivity index (χ0) is 11.5. The van der Waals surface area contributed by atoms with Crippen LogP contribution in [0.5, 0.6) is 0 Å². The van der Waals surface area contributed by atoms with Gasteiger partial charge in [-0.05, 0) is 13.0 Å². The minimum Gasteiger partial charge on any atom is -0.396 e. The molecule has 0 aliphatic carbocycles. The summed E-state index contributed by atoms with van der Waals surface area (Å²) in [6.07, 6.45) is 2.39. The van der Waals surface area contributed by atoms with Gasteiger partial charge in [0, 0.05) is 26.3 Å². The van der Waals surface area contributed by atoms with Crippen molar-refractivity contribution in [2.75, 3.05) is 6.61 Å². The molecule has 16 heavy (non-hydrogen) atoms. The first-order valence-electron chi connectivity index (χ1n) is 5.18. The molecule has 6 nitrogen and oxygen atoms in total. The van der Waals surface area contributed by atoms with Crippen molar-refractivity contribution in [1.29, 1.82) is 0 Å².